The van der Waals surface area contributed by atoms with Crippen molar-refractivity contribution in [1.29, 1.82) is 0 Å². The first-order valence-corrected chi connectivity index (χ1v) is 6.47. The fourth-order valence-corrected chi connectivity index (χ4v) is 2.04. The highest BCUT2D eigenvalue weighted by Crippen LogP contribution is 2.32. The minimum Gasteiger partial charge on any atom is -0.396 e. The van der Waals surface area contributed by atoms with Gasteiger partial charge in [0.15, 0.2) is 5.82 Å². The lowest BCUT2D eigenvalue weighted by Crippen LogP contribution is -2.14. The molecule has 1 aromatic carbocycles. The second-order valence-electron chi connectivity index (χ2n) is 5.81. The molecule has 100 valence electrons. The van der Waals surface area contributed by atoms with Crippen molar-refractivity contribution in [3.63, 3.8) is 0 Å². The van der Waals surface area contributed by atoms with Gasteiger partial charge < -0.3 is 11.1 Å². The van der Waals surface area contributed by atoms with Crippen molar-refractivity contribution in [3.8, 4) is 0 Å². The lowest BCUT2D eigenvalue weighted by molar-refractivity contribution is 0.592. The fraction of sp³-hybridized carbons (Fsp3) is 0.312. The van der Waals surface area contributed by atoms with Crippen LogP contribution in [0.1, 0.15) is 31.9 Å². The molecule has 0 fully saturated rings. The van der Waals surface area contributed by atoms with Crippen molar-refractivity contribution in [2.24, 2.45) is 0 Å². The van der Waals surface area contributed by atoms with Crippen LogP contribution in [0, 0.1) is 6.92 Å². The van der Waals surface area contributed by atoms with Crippen LogP contribution < -0.4 is 11.1 Å². The van der Waals surface area contributed by atoms with E-state index < -0.39 is 0 Å². The molecule has 3 N–H and O–H groups in total. The van der Waals surface area contributed by atoms with E-state index in [0.29, 0.717) is 5.69 Å². The van der Waals surface area contributed by atoms with Gasteiger partial charge in [-0.3, -0.25) is 0 Å². The predicted molar refractivity (Wildman–Crippen MR) is 81.8 cm³/mol. The van der Waals surface area contributed by atoms with E-state index in [1.165, 1.54) is 5.56 Å². The molecule has 0 atom stereocenters. The smallest absolute Gasteiger partial charge is 0.153 e. The highest BCUT2D eigenvalue weighted by molar-refractivity contribution is 5.73. The Labute approximate surface area is 114 Å². The van der Waals surface area contributed by atoms with Gasteiger partial charge in [-0.05, 0) is 35.6 Å². The number of nitrogens with zero attached hydrogens (tertiary/aromatic N) is 1. The van der Waals surface area contributed by atoms with Gasteiger partial charge in [0.25, 0.3) is 0 Å². The SMILES string of the molecule is Cc1ccnc(Nc2ccccc2C(C)(C)C)c1N. The Morgan fingerprint density at radius 2 is 1.79 bits per heavy atom. The Hall–Kier alpha value is -2.03. The van der Waals surface area contributed by atoms with Gasteiger partial charge in [-0.15, -0.1) is 0 Å². The number of para-hydroxylation sites is 1. The molecule has 0 unspecified atom stereocenters. The van der Waals surface area contributed by atoms with Gasteiger partial charge in [0.1, 0.15) is 0 Å². The standard InChI is InChI=1S/C16H21N3/c1-11-9-10-18-15(14(11)17)19-13-8-6-5-7-12(13)16(2,3)4/h5-10H,17H2,1-4H3,(H,18,19). The summed E-state index contributed by atoms with van der Waals surface area (Å²) in [7, 11) is 0. The molecule has 0 aliphatic carbocycles. The van der Waals surface area contributed by atoms with Crippen LogP contribution in [-0.2, 0) is 5.41 Å². The van der Waals surface area contributed by atoms with Crippen molar-refractivity contribution in [3.05, 3.63) is 47.7 Å². The molecule has 0 radical (unpaired) electrons. The summed E-state index contributed by atoms with van der Waals surface area (Å²) >= 11 is 0. The number of aromatic nitrogens is 1. The molecule has 3 heteroatoms. The largest absolute Gasteiger partial charge is 0.396 e. The highest BCUT2D eigenvalue weighted by Gasteiger charge is 2.18. The summed E-state index contributed by atoms with van der Waals surface area (Å²) in [6, 6.07) is 10.2. The predicted octanol–water partition coefficient (Wildman–Crippen LogP) is 4.01. The molecule has 0 aliphatic heterocycles. The number of benzene rings is 1. The quantitative estimate of drug-likeness (QED) is 0.852. The summed E-state index contributed by atoms with van der Waals surface area (Å²) in [6.45, 7) is 8.57. The Balaban J connectivity index is 2.42. The molecule has 0 aliphatic rings. The van der Waals surface area contributed by atoms with Crippen LogP contribution in [0.15, 0.2) is 36.5 Å². The minimum absolute atomic E-state index is 0.0716. The van der Waals surface area contributed by atoms with E-state index in [4.69, 9.17) is 5.73 Å². The average Bonchev–Trinajstić information content (AvgIpc) is 2.34. The summed E-state index contributed by atoms with van der Waals surface area (Å²) < 4.78 is 0. The van der Waals surface area contributed by atoms with Crippen LogP contribution in [0.5, 0.6) is 0 Å². The molecular weight excluding hydrogens is 234 g/mol. The van der Waals surface area contributed by atoms with Crippen LogP contribution >= 0.6 is 0 Å². The number of nitrogens with one attached hydrogen (secondary N) is 1. The Kier molecular flexibility index (Phi) is 3.47. The average molecular weight is 255 g/mol. The third kappa shape index (κ3) is 2.87. The molecular formula is C16H21N3. The molecule has 1 heterocycles. The molecule has 19 heavy (non-hydrogen) atoms. The number of anilines is 3. The fourth-order valence-electron chi connectivity index (χ4n) is 2.04. The number of nitrogen functional groups attached to an aromatic ring is 1. The summed E-state index contributed by atoms with van der Waals surface area (Å²) in [5, 5.41) is 3.35. The summed E-state index contributed by atoms with van der Waals surface area (Å²) in [5.74, 6) is 0.719. The zero-order valence-electron chi connectivity index (χ0n) is 12.0. The number of pyridine rings is 1. The van der Waals surface area contributed by atoms with Crippen molar-refractivity contribution in [2.45, 2.75) is 33.1 Å². The van der Waals surface area contributed by atoms with Gasteiger partial charge in [0.2, 0.25) is 0 Å². The van der Waals surface area contributed by atoms with Crippen molar-refractivity contribution in [1.82, 2.24) is 4.98 Å². The van der Waals surface area contributed by atoms with E-state index in [1.807, 2.05) is 19.1 Å². The maximum absolute atomic E-state index is 6.06. The zero-order chi connectivity index (χ0) is 14.0. The van der Waals surface area contributed by atoms with E-state index in [0.717, 1.165) is 17.1 Å². The molecule has 0 spiro atoms. The summed E-state index contributed by atoms with van der Waals surface area (Å²) in [6.07, 6.45) is 1.77. The van der Waals surface area contributed by atoms with Gasteiger partial charge >= 0.3 is 0 Å². The molecule has 0 bridgehead atoms. The number of hydrogen-bond acceptors (Lipinski definition) is 3. The number of aryl methyl sites for hydroxylation is 1. The number of rotatable bonds is 2. The first kappa shape index (κ1) is 13.4. The zero-order valence-corrected chi connectivity index (χ0v) is 12.0. The van der Waals surface area contributed by atoms with Gasteiger partial charge in [0, 0.05) is 11.9 Å². The molecule has 0 saturated heterocycles. The minimum atomic E-state index is 0.0716. The maximum atomic E-state index is 6.06. The second kappa shape index (κ2) is 4.92. The van der Waals surface area contributed by atoms with E-state index in [-0.39, 0.29) is 5.41 Å². The normalized spacial score (nSPS) is 11.4. The van der Waals surface area contributed by atoms with Crippen molar-refractivity contribution in [2.75, 3.05) is 11.1 Å². The van der Waals surface area contributed by atoms with Crippen molar-refractivity contribution < 1.29 is 0 Å². The lowest BCUT2D eigenvalue weighted by atomic mass is 9.86. The molecule has 2 aromatic rings. The van der Waals surface area contributed by atoms with E-state index in [9.17, 15) is 0 Å². The Bertz CT molecular complexity index is 583. The second-order valence-corrected chi connectivity index (χ2v) is 5.81. The van der Waals surface area contributed by atoms with Crippen LogP contribution in [-0.4, -0.2) is 4.98 Å². The molecule has 0 amide bonds. The highest BCUT2D eigenvalue weighted by atomic mass is 15.0. The molecule has 0 saturated carbocycles. The van der Waals surface area contributed by atoms with Gasteiger partial charge in [-0.25, -0.2) is 4.98 Å². The number of nitrogens with two attached hydrogens (primary N) is 1. The van der Waals surface area contributed by atoms with Gasteiger partial charge in [-0.1, -0.05) is 39.0 Å². The van der Waals surface area contributed by atoms with Gasteiger partial charge in [-0.2, -0.15) is 0 Å². The van der Waals surface area contributed by atoms with Crippen LogP contribution in [0.3, 0.4) is 0 Å². The summed E-state index contributed by atoms with van der Waals surface area (Å²) in [5.41, 5.74) is 10.2. The van der Waals surface area contributed by atoms with Crippen molar-refractivity contribution >= 4 is 17.2 Å². The maximum Gasteiger partial charge on any atom is 0.153 e. The van der Waals surface area contributed by atoms with E-state index in [2.05, 4.69) is 49.3 Å². The Morgan fingerprint density at radius 3 is 2.47 bits per heavy atom. The third-order valence-corrected chi connectivity index (χ3v) is 3.20. The van der Waals surface area contributed by atoms with Gasteiger partial charge in [0.05, 0.1) is 5.69 Å². The Morgan fingerprint density at radius 1 is 1.11 bits per heavy atom. The first-order chi connectivity index (χ1) is 8.89. The monoisotopic (exact) mass is 255 g/mol. The van der Waals surface area contributed by atoms with Crippen LogP contribution in [0.4, 0.5) is 17.2 Å². The van der Waals surface area contributed by atoms with E-state index >= 15 is 0 Å². The molecule has 2 rings (SSSR count). The molecule has 1 aromatic heterocycles. The molecule has 3 nitrogen and oxygen atoms in total. The first-order valence-electron chi connectivity index (χ1n) is 6.47. The van der Waals surface area contributed by atoms with Crippen LogP contribution in [0.25, 0.3) is 0 Å². The van der Waals surface area contributed by atoms with Crippen LogP contribution in [0.2, 0.25) is 0 Å². The lowest BCUT2D eigenvalue weighted by Gasteiger charge is -2.23. The third-order valence-electron chi connectivity index (χ3n) is 3.20. The summed E-state index contributed by atoms with van der Waals surface area (Å²) in [4.78, 5) is 4.32. The van der Waals surface area contributed by atoms with E-state index in [1.54, 1.807) is 6.20 Å². The topological polar surface area (TPSA) is 50.9 Å². The number of hydrogen-bond donors (Lipinski definition) is 2.